The Morgan fingerprint density at radius 2 is 1.93 bits per heavy atom. The van der Waals surface area contributed by atoms with Gasteiger partial charge >= 0.3 is 5.97 Å². The van der Waals surface area contributed by atoms with Crippen molar-refractivity contribution in [2.45, 2.75) is 37.9 Å². The molecule has 1 spiro atoms. The second-order valence-corrected chi connectivity index (χ2v) is 8.28. The van der Waals surface area contributed by atoms with E-state index in [2.05, 4.69) is 16.3 Å². The molecule has 2 aromatic carbocycles. The Labute approximate surface area is 169 Å². The van der Waals surface area contributed by atoms with Crippen molar-refractivity contribution in [3.8, 4) is 0 Å². The first-order valence-electron chi connectivity index (χ1n) is 10.1. The molecule has 2 aromatic rings. The highest BCUT2D eigenvalue weighted by atomic mass is 16.5. The average molecular weight is 392 g/mol. The first-order valence-corrected chi connectivity index (χ1v) is 10.1. The van der Waals surface area contributed by atoms with Crippen molar-refractivity contribution < 1.29 is 19.4 Å². The minimum absolute atomic E-state index is 0.0954. The lowest BCUT2D eigenvalue weighted by Crippen LogP contribution is -2.47. The fraction of sp³-hybridized carbons (Fsp3) is 0.391. The number of esters is 1. The van der Waals surface area contributed by atoms with Crippen LogP contribution in [0.1, 0.15) is 51.6 Å². The molecule has 0 bridgehead atoms. The van der Waals surface area contributed by atoms with E-state index in [0.717, 1.165) is 53.9 Å². The molecule has 0 aromatic heterocycles. The van der Waals surface area contributed by atoms with Crippen LogP contribution in [0.4, 0.5) is 5.69 Å². The topological polar surface area (TPSA) is 78.9 Å². The molecule has 1 atom stereocenters. The summed E-state index contributed by atoms with van der Waals surface area (Å²) in [6.45, 7) is 4.23. The van der Waals surface area contributed by atoms with Crippen LogP contribution in [0.25, 0.3) is 0 Å². The number of nitrogens with one attached hydrogen (secondary N) is 1. The standard InChI is InChI=1S/C23H24N2O4/c1-14-15(6-7-16-17(14)13-29-21(16)27)20(26)12-25-10-8-23(9-11-25)18-4-2-3-5-19(18)24-22(23)28/h2-7,20,26H,8-13H2,1H3,(H,24,28). The Kier molecular flexibility index (Phi) is 4.22. The molecule has 5 rings (SSSR count). The van der Waals surface area contributed by atoms with Crippen molar-refractivity contribution in [1.82, 2.24) is 4.90 Å². The maximum atomic E-state index is 12.7. The van der Waals surface area contributed by atoms with Crippen LogP contribution in [0.3, 0.4) is 0 Å². The normalized spacial score (nSPS) is 20.9. The maximum absolute atomic E-state index is 12.7. The molecule has 1 unspecified atom stereocenters. The molecule has 1 saturated heterocycles. The van der Waals surface area contributed by atoms with Gasteiger partial charge in [-0.2, -0.15) is 0 Å². The first-order chi connectivity index (χ1) is 14.0. The van der Waals surface area contributed by atoms with Gasteiger partial charge in [-0.1, -0.05) is 24.3 Å². The number of carbonyl (C=O) groups excluding carboxylic acids is 2. The van der Waals surface area contributed by atoms with Crippen molar-refractivity contribution in [2.75, 3.05) is 25.0 Å². The van der Waals surface area contributed by atoms with E-state index in [1.54, 1.807) is 6.07 Å². The highest BCUT2D eigenvalue weighted by molar-refractivity contribution is 6.06. The van der Waals surface area contributed by atoms with Gasteiger partial charge in [0.1, 0.15) is 6.61 Å². The summed E-state index contributed by atoms with van der Waals surface area (Å²) >= 11 is 0. The van der Waals surface area contributed by atoms with Gasteiger partial charge in [-0.15, -0.1) is 0 Å². The Morgan fingerprint density at radius 3 is 2.72 bits per heavy atom. The number of β-amino-alcohol motifs (C(OH)–C–C–N with tert-alkyl or cyclic N) is 1. The third kappa shape index (κ3) is 2.78. The fourth-order valence-corrected chi connectivity index (χ4v) is 5.06. The number of hydrogen-bond acceptors (Lipinski definition) is 5. The number of aliphatic hydroxyl groups is 1. The molecule has 1 amide bonds. The van der Waals surface area contributed by atoms with E-state index in [1.165, 1.54) is 0 Å². The third-order valence-electron chi connectivity index (χ3n) is 6.83. The van der Waals surface area contributed by atoms with Crippen LogP contribution in [-0.2, 0) is 21.6 Å². The third-order valence-corrected chi connectivity index (χ3v) is 6.83. The number of aliphatic hydroxyl groups excluding tert-OH is 1. The van der Waals surface area contributed by atoms with Crippen LogP contribution in [0.2, 0.25) is 0 Å². The second-order valence-electron chi connectivity index (χ2n) is 8.28. The number of cyclic esters (lactones) is 1. The van der Waals surface area contributed by atoms with Crippen molar-refractivity contribution in [2.24, 2.45) is 0 Å². The van der Waals surface area contributed by atoms with Gasteiger partial charge < -0.3 is 20.1 Å². The Bertz CT molecular complexity index is 1010. The van der Waals surface area contributed by atoms with Crippen LogP contribution >= 0.6 is 0 Å². The molecule has 3 aliphatic heterocycles. The second kappa shape index (κ2) is 6.68. The number of amides is 1. The van der Waals surface area contributed by atoms with Gasteiger partial charge in [0.2, 0.25) is 5.91 Å². The molecule has 0 radical (unpaired) electrons. The van der Waals surface area contributed by atoms with Gasteiger partial charge in [0, 0.05) is 17.8 Å². The zero-order valence-electron chi connectivity index (χ0n) is 16.4. The van der Waals surface area contributed by atoms with Crippen molar-refractivity contribution in [1.29, 1.82) is 0 Å². The van der Waals surface area contributed by atoms with Gasteiger partial charge in [-0.3, -0.25) is 4.79 Å². The van der Waals surface area contributed by atoms with Crippen LogP contribution < -0.4 is 5.32 Å². The van der Waals surface area contributed by atoms with Crippen LogP contribution in [0.15, 0.2) is 36.4 Å². The highest BCUT2D eigenvalue weighted by Gasteiger charge is 2.48. The predicted molar refractivity (Wildman–Crippen MR) is 108 cm³/mol. The van der Waals surface area contributed by atoms with Crippen molar-refractivity contribution in [3.05, 3.63) is 64.2 Å². The van der Waals surface area contributed by atoms with Crippen molar-refractivity contribution >= 4 is 17.6 Å². The summed E-state index contributed by atoms with van der Waals surface area (Å²) < 4.78 is 5.11. The van der Waals surface area contributed by atoms with E-state index in [1.807, 2.05) is 31.2 Å². The number of ether oxygens (including phenoxy) is 1. The molecule has 3 heterocycles. The summed E-state index contributed by atoms with van der Waals surface area (Å²) in [4.78, 5) is 26.7. The zero-order valence-corrected chi connectivity index (χ0v) is 16.4. The van der Waals surface area contributed by atoms with E-state index in [0.29, 0.717) is 12.1 Å². The fourth-order valence-electron chi connectivity index (χ4n) is 5.06. The van der Waals surface area contributed by atoms with Gasteiger partial charge in [0.15, 0.2) is 0 Å². The maximum Gasteiger partial charge on any atom is 0.338 e. The van der Waals surface area contributed by atoms with Gasteiger partial charge in [-0.25, -0.2) is 4.79 Å². The minimum atomic E-state index is -0.644. The summed E-state index contributed by atoms with van der Waals surface area (Å²) in [6, 6.07) is 11.5. The zero-order chi connectivity index (χ0) is 20.2. The molecule has 6 heteroatoms. The lowest BCUT2D eigenvalue weighted by atomic mass is 9.73. The van der Waals surface area contributed by atoms with E-state index < -0.39 is 11.5 Å². The Hall–Kier alpha value is -2.70. The highest BCUT2D eigenvalue weighted by Crippen LogP contribution is 2.45. The lowest BCUT2D eigenvalue weighted by Gasteiger charge is -2.38. The number of para-hydroxylation sites is 1. The summed E-state index contributed by atoms with van der Waals surface area (Å²) in [7, 11) is 0. The molecule has 150 valence electrons. The number of carbonyl (C=O) groups is 2. The number of nitrogens with zero attached hydrogens (tertiary/aromatic N) is 1. The van der Waals surface area contributed by atoms with E-state index >= 15 is 0 Å². The number of anilines is 1. The first kappa shape index (κ1) is 18.3. The van der Waals surface area contributed by atoms with E-state index in [4.69, 9.17) is 4.74 Å². The van der Waals surface area contributed by atoms with Crippen LogP contribution in [-0.4, -0.2) is 41.5 Å². The van der Waals surface area contributed by atoms with Crippen LogP contribution in [0.5, 0.6) is 0 Å². The molecule has 29 heavy (non-hydrogen) atoms. The number of rotatable bonds is 3. The summed E-state index contributed by atoms with van der Waals surface area (Å²) in [5.74, 6) is -0.196. The molecule has 1 fully saturated rings. The largest absolute Gasteiger partial charge is 0.457 e. The Morgan fingerprint density at radius 1 is 1.17 bits per heavy atom. The minimum Gasteiger partial charge on any atom is -0.457 e. The summed E-state index contributed by atoms with van der Waals surface area (Å²) in [5.41, 5.74) is 4.83. The van der Waals surface area contributed by atoms with E-state index in [-0.39, 0.29) is 18.5 Å². The quantitative estimate of drug-likeness (QED) is 0.786. The van der Waals surface area contributed by atoms with Gasteiger partial charge in [0.05, 0.1) is 17.1 Å². The smallest absolute Gasteiger partial charge is 0.338 e. The lowest BCUT2D eigenvalue weighted by molar-refractivity contribution is -0.122. The summed E-state index contributed by atoms with van der Waals surface area (Å²) in [6.07, 6.45) is 0.844. The number of hydrogen-bond donors (Lipinski definition) is 2. The molecular formula is C23H24N2O4. The van der Waals surface area contributed by atoms with Gasteiger partial charge in [0.25, 0.3) is 0 Å². The predicted octanol–water partition coefficient (Wildman–Crippen LogP) is 2.68. The summed E-state index contributed by atoms with van der Waals surface area (Å²) in [5, 5.41) is 13.9. The molecule has 6 nitrogen and oxygen atoms in total. The number of likely N-dealkylation sites (tertiary alicyclic amines) is 1. The molecule has 3 aliphatic rings. The van der Waals surface area contributed by atoms with E-state index in [9.17, 15) is 14.7 Å². The molecule has 0 saturated carbocycles. The molecule has 2 N–H and O–H groups in total. The SMILES string of the molecule is Cc1c(C(O)CN2CCC3(CC2)C(=O)Nc2ccccc23)ccc2c1COC2=O. The van der Waals surface area contributed by atoms with Crippen LogP contribution in [0, 0.1) is 6.92 Å². The van der Waals surface area contributed by atoms with Gasteiger partial charge in [-0.05, 0) is 61.7 Å². The average Bonchev–Trinajstić information content (AvgIpc) is 3.23. The Balaban J connectivity index is 1.30. The number of benzene rings is 2. The number of piperidine rings is 1. The molecular weight excluding hydrogens is 368 g/mol. The number of fused-ring (bicyclic) bond motifs is 3. The van der Waals surface area contributed by atoms with Crippen molar-refractivity contribution in [3.63, 3.8) is 0 Å². The molecule has 0 aliphatic carbocycles. The monoisotopic (exact) mass is 392 g/mol.